The van der Waals surface area contributed by atoms with Crippen LogP contribution < -0.4 is 9.64 Å². The molecule has 1 fully saturated rings. The van der Waals surface area contributed by atoms with Gasteiger partial charge in [0.15, 0.2) is 0 Å². The van der Waals surface area contributed by atoms with E-state index < -0.39 is 0 Å². The van der Waals surface area contributed by atoms with Crippen molar-refractivity contribution in [3.8, 4) is 45.1 Å². The second-order valence-corrected chi connectivity index (χ2v) is 19.5. The minimum atomic E-state index is -0.0527. The summed E-state index contributed by atoms with van der Waals surface area (Å²) in [5.41, 5.74) is 14.4. The van der Waals surface area contributed by atoms with E-state index in [0.29, 0.717) is 11.8 Å². The molecule has 60 heavy (non-hydrogen) atoms. The molecule has 0 saturated heterocycles. The second-order valence-electron chi connectivity index (χ2n) is 18.5. The zero-order chi connectivity index (χ0) is 41.3. The van der Waals surface area contributed by atoms with E-state index in [0.717, 1.165) is 50.1 Å². The zero-order valence-corrected chi connectivity index (χ0v) is 37.4. The number of pyridine rings is 1. The molecule has 3 heterocycles. The fourth-order valence-corrected chi connectivity index (χ4v) is 10.0. The molecule has 1 aliphatic heterocycles. The van der Waals surface area contributed by atoms with Crippen LogP contribution in [0.3, 0.4) is 0 Å². The van der Waals surface area contributed by atoms with E-state index in [9.17, 15) is 0 Å². The van der Waals surface area contributed by atoms with Gasteiger partial charge in [0.25, 0.3) is 0 Å². The third kappa shape index (κ3) is 6.97. The van der Waals surface area contributed by atoms with Gasteiger partial charge in [-0.15, -0.1) is 0 Å². The van der Waals surface area contributed by atoms with Crippen molar-refractivity contribution in [3.63, 3.8) is 0 Å². The number of benzene rings is 6. The number of rotatable bonds is 7. The normalized spacial score (nSPS) is 16.1. The van der Waals surface area contributed by atoms with Gasteiger partial charge in [-0.3, -0.25) is 0 Å². The van der Waals surface area contributed by atoms with Crippen LogP contribution in [0.4, 0.5) is 11.5 Å². The van der Waals surface area contributed by atoms with E-state index in [-0.39, 0.29) is 10.8 Å². The number of anilines is 2. The number of fused-ring (bicyclic) bond motifs is 4. The standard InChI is InChI=1S/C54H50N4O.Pt/c1-53(2,3)39-26-27-55-51(31-39)56-34-38-28-45(38)44-25-24-43(33-50(44)56)59-42-21-15-20-41(32-42)57-35-58(49-23-14-13-22-48(49)57)52-46(36-16-9-7-10-17-36)29-40(54(4,5)6)30-47(52)37-18-11-8-12-19-37;/h7-27,29-33,38,45H,28,34H2,1-6H3;. The Morgan fingerprint density at radius 1 is 0.600 bits per heavy atom. The van der Waals surface area contributed by atoms with Crippen LogP contribution in [-0.2, 0) is 30.2 Å². The van der Waals surface area contributed by atoms with E-state index >= 15 is 0 Å². The molecule has 2 unspecified atom stereocenters. The molecule has 0 amide bonds. The van der Waals surface area contributed by atoms with E-state index in [1.165, 1.54) is 51.1 Å². The van der Waals surface area contributed by atoms with Gasteiger partial charge >= 0.3 is 322 Å². The first-order valence-electron chi connectivity index (χ1n) is 21.1. The van der Waals surface area contributed by atoms with Gasteiger partial charge in [0.1, 0.15) is 0 Å². The fourth-order valence-electron chi connectivity index (χ4n) is 8.92. The molecule has 1 saturated carbocycles. The van der Waals surface area contributed by atoms with Crippen LogP contribution in [0.1, 0.15) is 70.6 Å². The van der Waals surface area contributed by atoms with Crippen LogP contribution in [0.5, 0.6) is 11.5 Å². The van der Waals surface area contributed by atoms with E-state index in [4.69, 9.17) is 9.72 Å². The Morgan fingerprint density at radius 2 is 1.22 bits per heavy atom. The van der Waals surface area contributed by atoms with Gasteiger partial charge < -0.3 is 0 Å². The summed E-state index contributed by atoms with van der Waals surface area (Å²) in [6, 6.07) is 54.8. The molecule has 0 radical (unpaired) electrons. The zero-order valence-electron chi connectivity index (χ0n) is 35.1. The van der Waals surface area contributed by atoms with Gasteiger partial charge in [0.2, 0.25) is 0 Å². The van der Waals surface area contributed by atoms with Crippen LogP contribution in [0.15, 0.2) is 158 Å². The van der Waals surface area contributed by atoms with Crippen molar-refractivity contribution in [2.45, 2.75) is 64.7 Å². The Morgan fingerprint density at radius 3 is 1.87 bits per heavy atom. The summed E-state index contributed by atoms with van der Waals surface area (Å²) in [5.74, 6) is 3.91. The van der Waals surface area contributed by atoms with E-state index in [2.05, 4.69) is 227 Å². The Bertz CT molecular complexity index is 2910. The van der Waals surface area contributed by atoms with Crippen LogP contribution in [-0.4, -0.2) is 20.7 Å². The Labute approximate surface area is 364 Å². The summed E-state index contributed by atoms with van der Waals surface area (Å²) < 4.78 is 12.7. The minimum absolute atomic E-state index is 0.0435. The van der Waals surface area contributed by atoms with Gasteiger partial charge in [0.05, 0.1) is 0 Å². The van der Waals surface area contributed by atoms with Gasteiger partial charge in [-0.2, -0.15) is 0 Å². The molecule has 0 N–H and O–H groups in total. The molecule has 2 aromatic heterocycles. The molecule has 1 aliphatic carbocycles. The quantitative estimate of drug-likeness (QED) is 0.160. The molecule has 8 aromatic rings. The summed E-state index contributed by atoms with van der Waals surface area (Å²) in [5, 5.41) is 0. The summed E-state index contributed by atoms with van der Waals surface area (Å²) >= 11 is 2.53. The number of hydrogen-bond donors (Lipinski definition) is 0. The maximum absolute atomic E-state index is 6.79. The molecule has 5 nitrogen and oxygen atoms in total. The van der Waals surface area contributed by atoms with E-state index in [1.807, 2.05) is 6.20 Å². The number of imidazole rings is 1. The maximum atomic E-state index is 6.79. The average molecular weight is 966 g/mol. The van der Waals surface area contributed by atoms with Crippen LogP contribution in [0, 0.1) is 9.72 Å². The van der Waals surface area contributed by atoms with Gasteiger partial charge in [-0.25, -0.2) is 0 Å². The third-order valence-electron chi connectivity index (χ3n) is 12.3. The first-order valence-corrected chi connectivity index (χ1v) is 22.2. The summed E-state index contributed by atoms with van der Waals surface area (Å²) in [6.07, 6.45) is 3.19. The van der Waals surface area contributed by atoms with Crippen molar-refractivity contribution in [1.82, 2.24) is 14.1 Å². The van der Waals surface area contributed by atoms with Gasteiger partial charge in [-0.1, -0.05) is 20.8 Å². The summed E-state index contributed by atoms with van der Waals surface area (Å²) in [6.45, 7) is 14.7. The molecular weight excluding hydrogens is 916 g/mol. The monoisotopic (exact) mass is 965 g/mol. The first kappa shape index (κ1) is 38.4. The number of nitrogens with zero attached hydrogens (tertiary/aromatic N) is 4. The second kappa shape index (κ2) is 14.7. The summed E-state index contributed by atoms with van der Waals surface area (Å²) in [7, 11) is 0. The van der Waals surface area contributed by atoms with E-state index in [1.54, 1.807) is 0 Å². The third-order valence-corrected chi connectivity index (χ3v) is 13.3. The number of para-hydroxylation sites is 2. The molecule has 2 atom stereocenters. The Kier molecular flexibility index (Phi) is 9.45. The number of ether oxygens (including phenoxy) is 1. The first-order chi connectivity index (χ1) is 28.9. The number of aromatic nitrogens is 3. The van der Waals surface area contributed by atoms with Crippen LogP contribution >= 0.6 is 0 Å². The summed E-state index contributed by atoms with van der Waals surface area (Å²) in [4.78, 5) is 7.30. The molecule has 0 bridgehead atoms. The topological polar surface area (TPSA) is 35.2 Å². The number of hydrogen-bond acceptors (Lipinski definition) is 3. The Balaban J connectivity index is 1.09. The molecule has 6 aromatic carbocycles. The van der Waals surface area contributed by atoms with Crippen LogP contribution in [0.2, 0.25) is 0 Å². The molecular formula is C54H50N4OPt. The molecule has 6 heteroatoms. The predicted molar refractivity (Wildman–Crippen MR) is 243 cm³/mol. The van der Waals surface area contributed by atoms with Crippen molar-refractivity contribution in [3.05, 3.63) is 178 Å². The molecule has 302 valence electrons. The average Bonchev–Trinajstić information content (AvgIpc) is 3.98. The molecule has 2 aliphatic rings. The predicted octanol–water partition coefficient (Wildman–Crippen LogP) is 13.9. The van der Waals surface area contributed by atoms with Gasteiger partial charge in [-0.05, 0) is 17.0 Å². The van der Waals surface area contributed by atoms with Crippen molar-refractivity contribution in [1.29, 1.82) is 0 Å². The van der Waals surface area contributed by atoms with Crippen molar-refractivity contribution in [2.24, 2.45) is 5.92 Å². The molecule has 10 rings (SSSR count). The van der Waals surface area contributed by atoms with Crippen molar-refractivity contribution < 1.29 is 24.1 Å². The molecule has 0 spiro atoms. The van der Waals surface area contributed by atoms with Crippen molar-refractivity contribution in [2.75, 3.05) is 11.4 Å². The van der Waals surface area contributed by atoms with Crippen molar-refractivity contribution >= 4 is 22.5 Å². The van der Waals surface area contributed by atoms with Gasteiger partial charge in [0, 0.05) is 6.20 Å². The van der Waals surface area contributed by atoms with Crippen LogP contribution in [0.25, 0.3) is 44.7 Å². The fraction of sp³-hybridized carbons (Fsp3) is 0.222. The Hall–Kier alpha value is -5.77. The SMILES string of the molecule is CC(C)(C)c1ccnc(N2CC3CC3c3ccc(Oc4cccc(-n5[c](=[Pt])n(-c6c(-c7ccccc7)cc(C(C)(C)C)cc6-c6ccccc6)c6ccccc65)c4)cc32)c1.